The molecule has 17 nitrogen and oxygen atoms in total. The molecule has 2 aromatic rings. The van der Waals surface area contributed by atoms with Gasteiger partial charge in [0.1, 0.15) is 34.4 Å². The van der Waals surface area contributed by atoms with Crippen molar-refractivity contribution in [1.82, 2.24) is 9.80 Å². The van der Waals surface area contributed by atoms with Crippen LogP contribution in [0.25, 0.3) is 0 Å². The second-order valence-corrected chi connectivity index (χ2v) is 16.4. The molecule has 6 rings (SSSR count). The molecular formula is C52H75N8NaO9. The van der Waals surface area contributed by atoms with Crippen LogP contribution < -0.4 is 58.3 Å². The summed E-state index contributed by atoms with van der Waals surface area (Å²) in [5.41, 5.74) is 4.82. The van der Waals surface area contributed by atoms with Gasteiger partial charge in [0.25, 0.3) is 0 Å². The topological polar surface area (TPSA) is 174 Å². The number of carbonyl (C=O) groups is 1. The Bertz CT molecular complexity index is 2150. The number of carbonyl (C=O) groups excluding carboxylic acids is 1. The number of azo groups is 2. The Balaban J connectivity index is 0.000000362. The molecular weight excluding hydrogens is 904 g/mol. The van der Waals surface area contributed by atoms with Crippen molar-refractivity contribution in [2.45, 2.75) is 79.1 Å². The molecule has 0 amide bonds. The Morgan fingerprint density at radius 1 is 0.614 bits per heavy atom. The molecule has 2 aromatic carbocycles. The predicted molar refractivity (Wildman–Crippen MR) is 271 cm³/mol. The van der Waals surface area contributed by atoms with Gasteiger partial charge in [0.15, 0.2) is 5.70 Å². The third-order valence-corrected chi connectivity index (χ3v) is 11.2. The summed E-state index contributed by atoms with van der Waals surface area (Å²) in [6.45, 7) is 17.0. The van der Waals surface area contributed by atoms with Gasteiger partial charge in [0, 0.05) is 76.9 Å². The number of methoxy groups -OCH3 is 1. The first-order valence-corrected chi connectivity index (χ1v) is 24.3. The fourth-order valence-electron chi connectivity index (χ4n) is 7.09. The number of likely N-dealkylation sites (N-methyl/N-ethyl adjacent to an activating group) is 2. The Morgan fingerprint density at radius 3 is 1.50 bits per heavy atom. The summed E-state index contributed by atoms with van der Waals surface area (Å²) < 4.78 is 40.7. The van der Waals surface area contributed by atoms with Crippen molar-refractivity contribution in [2.75, 3.05) is 110 Å². The van der Waals surface area contributed by atoms with Gasteiger partial charge in [0.2, 0.25) is 0 Å². The second-order valence-electron chi connectivity index (χ2n) is 16.4. The monoisotopic (exact) mass is 979 g/mol. The summed E-state index contributed by atoms with van der Waals surface area (Å²) in [6, 6.07) is 7.84. The summed E-state index contributed by atoms with van der Waals surface area (Å²) >= 11 is 0. The van der Waals surface area contributed by atoms with Crippen LogP contribution >= 0.6 is 0 Å². The normalized spacial score (nSPS) is 16.8. The van der Waals surface area contributed by atoms with Gasteiger partial charge in [-0.15, -0.1) is 15.3 Å². The van der Waals surface area contributed by atoms with Crippen LogP contribution in [0.5, 0.6) is 23.0 Å². The maximum absolute atomic E-state index is 12.6. The Kier molecular flexibility index (Phi) is 28.2. The second kappa shape index (κ2) is 33.4. The van der Waals surface area contributed by atoms with E-state index in [4.69, 9.17) is 33.2 Å². The van der Waals surface area contributed by atoms with Crippen molar-refractivity contribution in [3.05, 3.63) is 96.4 Å². The molecule has 0 saturated carbocycles. The van der Waals surface area contributed by atoms with Crippen LogP contribution in [0.2, 0.25) is 0 Å². The number of hydrogen-bond acceptors (Lipinski definition) is 17. The Hall–Kier alpha value is -5.17. The SMILES string of the molecule is CCCCOc1cc(N2CCOCC2)c(OCCCC)cc1N=N/C(C(=O)OC)=C1/C=CC=CN1C.CCCCOc1cc(N2CCOCC2)c(OCCCC)cc1N=N/C=C1\C=CC=CN1C.[Na+].[OH-]. The van der Waals surface area contributed by atoms with Gasteiger partial charge in [0.05, 0.1) is 88.9 Å². The number of nitrogens with zero attached hydrogens (tertiary/aromatic N) is 8. The Morgan fingerprint density at radius 2 is 1.06 bits per heavy atom. The standard InChI is InChI=1S/C27H38N4O5.C25H36N4O3.Na.H2O/c1-5-7-15-35-24-20-23(31-13-17-34-18-14-31)25(36-16-8-6-2)19-21(24)28-29-26(27(32)33-4)22-11-9-10-12-30(22)3;1-4-6-14-31-24-19-23(29-12-16-30-17-13-29)25(32-15-7-5-2)18-22(24)27-26-20-21-10-8-9-11-28(21)3;;/h9-12,19-20H,5-8,13-18H2,1-4H3;8-11,18-20H,4-7,12-17H2,1-3H3;;1H2/q;;+1;/p-1/b26-22-,29-28?;21-20+,27-26?;;. The minimum atomic E-state index is -0.571. The molecule has 1 N–H and O–H groups in total. The van der Waals surface area contributed by atoms with E-state index in [1.807, 2.05) is 80.0 Å². The first kappa shape index (κ1) is 59.1. The molecule has 4 aliphatic heterocycles. The van der Waals surface area contributed by atoms with E-state index in [2.05, 4.69) is 64.0 Å². The molecule has 0 unspecified atom stereocenters. The fraction of sp³-hybridized carbons (Fsp3) is 0.519. The zero-order valence-electron chi connectivity index (χ0n) is 42.9. The van der Waals surface area contributed by atoms with Gasteiger partial charge in [-0.2, -0.15) is 5.11 Å². The van der Waals surface area contributed by atoms with Crippen molar-refractivity contribution in [1.29, 1.82) is 0 Å². The predicted octanol–water partition coefficient (Wildman–Crippen LogP) is 8.01. The summed E-state index contributed by atoms with van der Waals surface area (Å²) in [5, 5.41) is 17.7. The van der Waals surface area contributed by atoms with E-state index in [1.165, 1.54) is 7.11 Å². The van der Waals surface area contributed by atoms with Crippen molar-refractivity contribution in [3.8, 4) is 23.0 Å². The van der Waals surface area contributed by atoms with E-state index in [0.717, 1.165) is 106 Å². The summed E-state index contributed by atoms with van der Waals surface area (Å²) in [7, 11) is 5.15. The number of benzene rings is 2. The number of rotatable bonds is 23. The van der Waals surface area contributed by atoms with Crippen LogP contribution in [0, 0.1) is 0 Å². The van der Waals surface area contributed by atoms with Crippen molar-refractivity contribution < 1.29 is 73.0 Å². The van der Waals surface area contributed by atoms with Crippen molar-refractivity contribution in [2.24, 2.45) is 20.5 Å². The molecule has 0 aliphatic carbocycles. The van der Waals surface area contributed by atoms with E-state index in [-0.39, 0.29) is 40.7 Å². The molecule has 4 heterocycles. The molecule has 0 aromatic heterocycles. The Labute approximate surface area is 438 Å². The number of hydrogen-bond donors (Lipinski definition) is 0. The average molecular weight is 979 g/mol. The molecule has 2 saturated heterocycles. The van der Waals surface area contributed by atoms with Gasteiger partial charge in [-0.3, -0.25) is 0 Å². The molecule has 378 valence electrons. The van der Waals surface area contributed by atoms with Gasteiger partial charge in [-0.1, -0.05) is 65.5 Å². The number of esters is 1. The maximum Gasteiger partial charge on any atom is 1.00 e. The first-order valence-electron chi connectivity index (χ1n) is 24.3. The van der Waals surface area contributed by atoms with Crippen LogP contribution in [-0.2, 0) is 19.0 Å². The molecule has 0 spiro atoms. The average Bonchev–Trinajstić information content (AvgIpc) is 3.37. The summed E-state index contributed by atoms with van der Waals surface area (Å²) in [6.07, 6.45) is 25.1. The quantitative estimate of drug-likeness (QED) is 0.0345. The largest absolute Gasteiger partial charge is 1.00 e. The maximum atomic E-state index is 12.6. The molecule has 0 bridgehead atoms. The van der Waals surface area contributed by atoms with Gasteiger partial charge in [-0.05, 0) is 50.0 Å². The summed E-state index contributed by atoms with van der Waals surface area (Å²) in [5.74, 6) is 2.29. The van der Waals surface area contributed by atoms with Crippen molar-refractivity contribution >= 4 is 28.7 Å². The molecule has 18 heteroatoms. The third kappa shape index (κ3) is 18.5. The van der Waals surface area contributed by atoms with Crippen LogP contribution in [0.4, 0.5) is 22.7 Å². The van der Waals surface area contributed by atoms with E-state index in [0.29, 0.717) is 81.4 Å². The van der Waals surface area contributed by atoms with E-state index in [1.54, 1.807) is 17.2 Å². The van der Waals surface area contributed by atoms with E-state index >= 15 is 0 Å². The number of allylic oxidation sites excluding steroid dienone is 6. The zero-order valence-corrected chi connectivity index (χ0v) is 44.9. The first-order chi connectivity index (χ1) is 33.3. The number of ether oxygens (including phenoxy) is 7. The van der Waals surface area contributed by atoms with Gasteiger partial charge in [-0.25, -0.2) is 4.79 Å². The van der Waals surface area contributed by atoms with Gasteiger partial charge >= 0.3 is 35.5 Å². The molecule has 0 atom stereocenters. The molecule has 0 radical (unpaired) electrons. The molecule has 2 fully saturated rings. The number of anilines is 2. The summed E-state index contributed by atoms with van der Waals surface area (Å²) in [4.78, 5) is 20.9. The minimum absolute atomic E-state index is 0. The van der Waals surface area contributed by atoms with Crippen LogP contribution in [0.15, 0.2) is 117 Å². The van der Waals surface area contributed by atoms with Crippen LogP contribution in [-0.4, -0.2) is 121 Å². The number of morpholine rings is 2. The van der Waals surface area contributed by atoms with Crippen LogP contribution in [0.1, 0.15) is 79.1 Å². The van der Waals surface area contributed by atoms with E-state index in [9.17, 15) is 4.79 Å². The van der Waals surface area contributed by atoms with Crippen molar-refractivity contribution in [3.63, 3.8) is 0 Å². The fourth-order valence-corrected chi connectivity index (χ4v) is 7.09. The third-order valence-electron chi connectivity index (χ3n) is 11.2. The van der Waals surface area contributed by atoms with Crippen LogP contribution in [0.3, 0.4) is 0 Å². The molecule has 70 heavy (non-hydrogen) atoms. The minimum Gasteiger partial charge on any atom is -0.870 e. The zero-order chi connectivity index (χ0) is 48.4. The van der Waals surface area contributed by atoms with Gasteiger partial charge < -0.3 is 58.2 Å². The number of unbranched alkanes of at least 4 members (excludes halogenated alkanes) is 4. The smallest absolute Gasteiger partial charge is 0.870 e. The van der Waals surface area contributed by atoms with E-state index < -0.39 is 5.97 Å². The molecule has 4 aliphatic rings.